The van der Waals surface area contributed by atoms with Crippen LogP contribution in [0.4, 0.5) is 0 Å². The lowest BCUT2D eigenvalue weighted by Crippen LogP contribution is -2.37. The molecule has 0 N–H and O–H groups in total. The number of esters is 1. The van der Waals surface area contributed by atoms with E-state index in [4.69, 9.17) is 18.5 Å². The predicted molar refractivity (Wildman–Crippen MR) is 213 cm³/mol. The summed E-state index contributed by atoms with van der Waals surface area (Å²) < 4.78 is 34.3. The quantitative estimate of drug-likeness (QED) is 0.0203. The number of hydrogen-bond donors (Lipinski definition) is 0. The molecule has 0 aromatic heterocycles. The van der Waals surface area contributed by atoms with Crippen LogP contribution in [0, 0.1) is 0 Å². The molecule has 8 nitrogen and oxygen atoms in total. The van der Waals surface area contributed by atoms with E-state index in [9.17, 15) is 14.3 Å². The summed E-state index contributed by atoms with van der Waals surface area (Å²) in [5.74, 6) is -0.353. The minimum absolute atomic E-state index is 0.0201. The molecule has 0 saturated heterocycles. The molecule has 0 aromatic carbocycles. The average Bonchev–Trinajstić information content (AvgIpc) is 3.08. The molecule has 0 aromatic rings. The Labute approximate surface area is 316 Å². The maximum Gasteiger partial charge on any atom is 0.306 e. The van der Waals surface area contributed by atoms with Crippen LogP contribution in [0.3, 0.4) is 0 Å². The van der Waals surface area contributed by atoms with Crippen molar-refractivity contribution in [2.75, 3.05) is 47.5 Å². The summed E-state index contributed by atoms with van der Waals surface area (Å²) in [5, 5.41) is 0. The molecule has 0 bridgehead atoms. The standard InChI is InChI=1S/C42H84NO7P/c1-6-8-10-12-14-16-18-20-22-23-25-27-29-31-33-35-42(44)50-41(40-49-51(45,46)48-38-36-43(3,4)5)39-47-37-34-32-30-28-26-24-21-19-17-15-13-11-9-7-2/h34,37,41H,6-33,35-36,38-40H2,1-5H3/b37-34+/t41-/m1/s1. The zero-order valence-electron chi connectivity index (χ0n) is 34.3. The van der Waals surface area contributed by atoms with E-state index in [1.54, 1.807) is 6.26 Å². The van der Waals surface area contributed by atoms with E-state index < -0.39 is 13.9 Å². The molecule has 1 unspecified atom stereocenters. The van der Waals surface area contributed by atoms with Crippen molar-refractivity contribution in [2.45, 2.75) is 206 Å². The van der Waals surface area contributed by atoms with Crippen LogP contribution < -0.4 is 4.89 Å². The summed E-state index contributed by atoms with van der Waals surface area (Å²) in [6, 6.07) is 0. The molecule has 0 aliphatic heterocycles. The first-order chi connectivity index (χ1) is 24.6. The summed E-state index contributed by atoms with van der Waals surface area (Å²) >= 11 is 0. The lowest BCUT2D eigenvalue weighted by molar-refractivity contribution is -0.870. The Balaban J connectivity index is 4.27. The van der Waals surface area contributed by atoms with Crippen molar-refractivity contribution in [1.29, 1.82) is 0 Å². The first-order valence-corrected chi connectivity index (χ1v) is 22.9. The number of rotatable bonds is 40. The number of likely N-dealkylation sites (N-methyl/N-ethyl adjacent to an activating group) is 1. The number of nitrogens with zero attached hydrogens (tertiary/aromatic N) is 1. The molecule has 0 spiro atoms. The zero-order valence-corrected chi connectivity index (χ0v) is 35.2. The Kier molecular flexibility index (Phi) is 35.4. The van der Waals surface area contributed by atoms with Crippen LogP contribution in [-0.4, -0.2) is 64.1 Å². The number of phosphoric acid groups is 1. The van der Waals surface area contributed by atoms with E-state index in [1.165, 1.54) is 148 Å². The van der Waals surface area contributed by atoms with Gasteiger partial charge >= 0.3 is 5.97 Å². The maximum atomic E-state index is 12.6. The Morgan fingerprint density at radius 2 is 1.02 bits per heavy atom. The predicted octanol–water partition coefficient (Wildman–Crippen LogP) is 12.0. The summed E-state index contributed by atoms with van der Waals surface area (Å²) in [5.41, 5.74) is 0. The zero-order chi connectivity index (χ0) is 37.7. The average molecular weight is 746 g/mol. The van der Waals surface area contributed by atoms with Gasteiger partial charge in [-0.1, -0.05) is 174 Å². The van der Waals surface area contributed by atoms with Crippen LogP contribution in [0.5, 0.6) is 0 Å². The topological polar surface area (TPSA) is 94.1 Å². The molecule has 0 aliphatic carbocycles. The van der Waals surface area contributed by atoms with Gasteiger partial charge in [-0.25, -0.2) is 0 Å². The second-order valence-electron chi connectivity index (χ2n) is 15.8. The summed E-state index contributed by atoms with van der Waals surface area (Å²) in [6.07, 6.45) is 38.8. The highest BCUT2D eigenvalue weighted by Gasteiger charge is 2.20. The molecule has 0 rings (SSSR count). The first kappa shape index (κ1) is 50.1. The SMILES string of the molecule is CCCCCCCCCCCCCC/C=C/OC[C@H](COP(=O)([O-])OCC[N+](C)(C)C)OC(=O)CCCCCCCCCCCCCCCCC. The van der Waals surface area contributed by atoms with Crippen molar-refractivity contribution in [2.24, 2.45) is 0 Å². The van der Waals surface area contributed by atoms with Crippen LogP contribution in [0.15, 0.2) is 12.3 Å². The third kappa shape index (κ3) is 40.1. The van der Waals surface area contributed by atoms with E-state index in [0.29, 0.717) is 17.4 Å². The Bertz CT molecular complexity index is 833. The third-order valence-electron chi connectivity index (χ3n) is 9.41. The van der Waals surface area contributed by atoms with Gasteiger partial charge in [-0.3, -0.25) is 9.36 Å². The van der Waals surface area contributed by atoms with E-state index in [1.807, 2.05) is 27.2 Å². The van der Waals surface area contributed by atoms with Crippen molar-refractivity contribution in [3.63, 3.8) is 0 Å². The highest BCUT2D eigenvalue weighted by atomic mass is 31.2. The van der Waals surface area contributed by atoms with Gasteiger partial charge in [-0.15, -0.1) is 0 Å². The molecule has 51 heavy (non-hydrogen) atoms. The summed E-state index contributed by atoms with van der Waals surface area (Å²) in [6.45, 7) is 4.76. The van der Waals surface area contributed by atoms with Crippen LogP contribution >= 0.6 is 7.82 Å². The number of carbonyl (C=O) groups excluding carboxylic acids is 1. The lowest BCUT2D eigenvalue weighted by atomic mass is 10.0. The minimum atomic E-state index is -4.53. The van der Waals surface area contributed by atoms with E-state index >= 15 is 0 Å². The number of carbonyl (C=O) groups is 1. The second-order valence-corrected chi connectivity index (χ2v) is 17.2. The van der Waals surface area contributed by atoms with Crippen LogP contribution in [0.1, 0.15) is 200 Å². The smallest absolute Gasteiger partial charge is 0.306 e. The van der Waals surface area contributed by atoms with Gasteiger partial charge in [0.2, 0.25) is 0 Å². The van der Waals surface area contributed by atoms with Crippen molar-refractivity contribution in [3.8, 4) is 0 Å². The van der Waals surface area contributed by atoms with Gasteiger partial charge < -0.3 is 27.9 Å². The molecule has 9 heteroatoms. The van der Waals surface area contributed by atoms with Gasteiger partial charge in [-0.05, 0) is 25.3 Å². The molecule has 304 valence electrons. The number of unbranched alkanes of at least 4 members (excludes halogenated alkanes) is 26. The Hall–Kier alpha value is -0.920. The van der Waals surface area contributed by atoms with Gasteiger partial charge in [0, 0.05) is 6.42 Å². The van der Waals surface area contributed by atoms with Crippen molar-refractivity contribution < 1.29 is 37.3 Å². The molecule has 0 amide bonds. The van der Waals surface area contributed by atoms with Gasteiger partial charge in [-0.2, -0.15) is 0 Å². The molecule has 0 saturated carbocycles. The Morgan fingerprint density at radius 3 is 1.45 bits per heavy atom. The Morgan fingerprint density at radius 1 is 0.608 bits per heavy atom. The number of allylic oxidation sites excluding steroid dienone is 1. The molecule has 0 fully saturated rings. The number of quaternary nitrogens is 1. The second kappa shape index (κ2) is 36.1. The first-order valence-electron chi connectivity index (χ1n) is 21.5. The fourth-order valence-electron chi connectivity index (χ4n) is 6.04. The van der Waals surface area contributed by atoms with E-state index in [-0.39, 0.29) is 25.8 Å². The largest absolute Gasteiger partial charge is 0.756 e. The molecular formula is C42H84NO7P. The number of hydrogen-bond acceptors (Lipinski definition) is 7. The fourth-order valence-corrected chi connectivity index (χ4v) is 6.77. The van der Waals surface area contributed by atoms with Gasteiger partial charge in [0.1, 0.15) is 19.8 Å². The summed E-state index contributed by atoms with van der Waals surface area (Å²) in [4.78, 5) is 25.0. The molecular weight excluding hydrogens is 661 g/mol. The van der Waals surface area contributed by atoms with E-state index in [2.05, 4.69) is 13.8 Å². The van der Waals surface area contributed by atoms with Crippen LogP contribution in [0.25, 0.3) is 0 Å². The van der Waals surface area contributed by atoms with Crippen molar-refractivity contribution in [3.05, 3.63) is 12.3 Å². The molecule has 0 radical (unpaired) electrons. The van der Waals surface area contributed by atoms with E-state index in [0.717, 1.165) is 32.1 Å². The molecule has 0 aliphatic rings. The number of phosphoric ester groups is 1. The van der Waals surface area contributed by atoms with Gasteiger partial charge in [0.05, 0.1) is 34.0 Å². The monoisotopic (exact) mass is 746 g/mol. The number of ether oxygens (including phenoxy) is 2. The summed E-state index contributed by atoms with van der Waals surface area (Å²) in [7, 11) is 1.34. The normalized spacial score (nSPS) is 13.8. The molecule has 2 atom stereocenters. The fraction of sp³-hybridized carbons (Fsp3) is 0.929. The van der Waals surface area contributed by atoms with Crippen molar-refractivity contribution >= 4 is 13.8 Å². The van der Waals surface area contributed by atoms with Gasteiger partial charge in [0.15, 0.2) is 6.10 Å². The minimum Gasteiger partial charge on any atom is -0.756 e. The van der Waals surface area contributed by atoms with Crippen LogP contribution in [-0.2, 0) is 27.9 Å². The van der Waals surface area contributed by atoms with Crippen molar-refractivity contribution in [1.82, 2.24) is 0 Å². The lowest BCUT2D eigenvalue weighted by Gasteiger charge is -2.28. The third-order valence-corrected chi connectivity index (χ3v) is 10.4. The highest BCUT2D eigenvalue weighted by Crippen LogP contribution is 2.38. The highest BCUT2D eigenvalue weighted by molar-refractivity contribution is 7.45. The maximum absolute atomic E-state index is 12.6. The van der Waals surface area contributed by atoms with Gasteiger partial charge in [0.25, 0.3) is 7.82 Å². The molecule has 0 heterocycles. The van der Waals surface area contributed by atoms with Crippen LogP contribution in [0.2, 0.25) is 0 Å².